The minimum absolute atomic E-state index is 0.213. The van der Waals surface area contributed by atoms with Crippen LogP contribution in [0.4, 0.5) is 0 Å². The van der Waals surface area contributed by atoms with E-state index in [1.165, 1.54) is 25.7 Å². The van der Waals surface area contributed by atoms with E-state index in [1.807, 2.05) is 0 Å². The summed E-state index contributed by atoms with van der Waals surface area (Å²) in [6, 6.07) is 0. The Bertz CT molecular complexity index is 185. The van der Waals surface area contributed by atoms with Gasteiger partial charge in [0.15, 0.2) is 0 Å². The first-order chi connectivity index (χ1) is 7.18. The van der Waals surface area contributed by atoms with Crippen LogP contribution in [-0.2, 0) is 4.79 Å². The molecule has 0 aliphatic carbocycles. The molecule has 0 saturated heterocycles. The van der Waals surface area contributed by atoms with Crippen molar-refractivity contribution in [2.75, 3.05) is 0 Å². The van der Waals surface area contributed by atoms with Crippen molar-refractivity contribution in [1.29, 1.82) is 0 Å². The van der Waals surface area contributed by atoms with Crippen molar-refractivity contribution in [3.8, 4) is 0 Å². The molecule has 88 valence electrons. The molecule has 0 spiro atoms. The summed E-state index contributed by atoms with van der Waals surface area (Å²) in [7, 11) is 0. The summed E-state index contributed by atoms with van der Waals surface area (Å²) in [6.07, 6.45) is 12.3. The fourth-order valence-corrected chi connectivity index (χ4v) is 1.39. The van der Waals surface area contributed by atoms with Gasteiger partial charge < -0.3 is 5.11 Å². The van der Waals surface area contributed by atoms with Crippen molar-refractivity contribution in [1.82, 2.24) is 0 Å². The lowest BCUT2D eigenvalue weighted by molar-refractivity contribution is -0.141. The van der Waals surface area contributed by atoms with Gasteiger partial charge in [-0.25, -0.2) is 0 Å². The summed E-state index contributed by atoms with van der Waals surface area (Å²) >= 11 is 0. The van der Waals surface area contributed by atoms with Gasteiger partial charge in [-0.2, -0.15) is 0 Å². The number of rotatable bonds is 9. The number of unbranched alkanes of at least 4 members (excludes halogenated alkanes) is 4. The van der Waals surface area contributed by atoms with E-state index in [2.05, 4.69) is 19.1 Å². The predicted octanol–water partition coefficient (Wildman–Crippen LogP) is 4.01. The fourth-order valence-electron chi connectivity index (χ4n) is 1.39. The van der Waals surface area contributed by atoms with Crippen LogP contribution in [0.25, 0.3) is 0 Å². The zero-order chi connectivity index (χ0) is 11.5. The van der Waals surface area contributed by atoms with Crippen molar-refractivity contribution in [3.63, 3.8) is 0 Å². The van der Waals surface area contributed by atoms with Gasteiger partial charge in [-0.3, -0.25) is 4.79 Å². The third kappa shape index (κ3) is 9.51. The van der Waals surface area contributed by atoms with Gasteiger partial charge >= 0.3 is 5.97 Å². The second-order valence-electron chi connectivity index (χ2n) is 4.14. The molecule has 0 aliphatic heterocycles. The van der Waals surface area contributed by atoms with Crippen molar-refractivity contribution >= 4 is 5.97 Å². The largest absolute Gasteiger partial charge is 0.481 e. The lowest BCUT2D eigenvalue weighted by atomic mass is 10.1. The molecular formula is C13H24O2. The highest BCUT2D eigenvalue weighted by Crippen LogP contribution is 2.07. The van der Waals surface area contributed by atoms with Crippen LogP contribution in [-0.4, -0.2) is 11.1 Å². The number of hydrogen-bond donors (Lipinski definition) is 1. The van der Waals surface area contributed by atoms with E-state index in [0.29, 0.717) is 0 Å². The molecule has 0 radical (unpaired) electrons. The van der Waals surface area contributed by atoms with Gasteiger partial charge in [0.05, 0.1) is 5.92 Å². The Morgan fingerprint density at radius 2 is 1.87 bits per heavy atom. The van der Waals surface area contributed by atoms with Gasteiger partial charge in [-0.1, -0.05) is 45.3 Å². The summed E-state index contributed by atoms with van der Waals surface area (Å²) in [5, 5.41) is 8.66. The van der Waals surface area contributed by atoms with Crippen LogP contribution in [0.15, 0.2) is 12.2 Å². The van der Waals surface area contributed by atoms with Crippen molar-refractivity contribution < 1.29 is 9.90 Å². The molecule has 0 bridgehead atoms. The molecule has 0 saturated carbocycles. The smallest absolute Gasteiger partial charge is 0.306 e. The highest BCUT2D eigenvalue weighted by Gasteiger charge is 2.08. The zero-order valence-corrected chi connectivity index (χ0v) is 10.0. The highest BCUT2D eigenvalue weighted by molar-refractivity contribution is 5.69. The molecule has 0 heterocycles. The number of allylic oxidation sites excluding steroid dienone is 2. The Kier molecular flexibility index (Phi) is 9.24. The molecule has 0 amide bonds. The molecule has 0 rings (SSSR count). The second-order valence-corrected chi connectivity index (χ2v) is 4.14. The van der Waals surface area contributed by atoms with E-state index in [4.69, 9.17) is 5.11 Å². The van der Waals surface area contributed by atoms with Crippen molar-refractivity contribution in [2.45, 2.75) is 58.8 Å². The Morgan fingerprint density at radius 1 is 1.20 bits per heavy atom. The van der Waals surface area contributed by atoms with Gasteiger partial charge in [0, 0.05) is 0 Å². The zero-order valence-electron chi connectivity index (χ0n) is 10.0. The summed E-state index contributed by atoms with van der Waals surface area (Å²) in [6.45, 7) is 3.97. The molecule has 0 aliphatic rings. The maximum Gasteiger partial charge on any atom is 0.306 e. The molecule has 0 aromatic carbocycles. The molecule has 2 nitrogen and oxygen atoms in total. The quantitative estimate of drug-likeness (QED) is 0.463. The Hall–Kier alpha value is -0.790. The van der Waals surface area contributed by atoms with E-state index >= 15 is 0 Å². The third-order valence-electron chi connectivity index (χ3n) is 2.58. The SMILES string of the molecule is CCCCCCC=CCCC(C)C(=O)O. The average Bonchev–Trinajstić information content (AvgIpc) is 2.21. The maximum atomic E-state index is 10.5. The van der Waals surface area contributed by atoms with Crippen LogP contribution in [0.1, 0.15) is 58.8 Å². The normalized spacial score (nSPS) is 13.2. The van der Waals surface area contributed by atoms with E-state index in [1.54, 1.807) is 6.92 Å². The Labute approximate surface area is 93.4 Å². The van der Waals surface area contributed by atoms with E-state index in [9.17, 15) is 4.79 Å². The van der Waals surface area contributed by atoms with Gasteiger partial charge in [0.2, 0.25) is 0 Å². The molecule has 1 N–H and O–H groups in total. The number of aliphatic carboxylic acids is 1. The second kappa shape index (κ2) is 9.75. The van der Waals surface area contributed by atoms with Crippen LogP contribution in [0.2, 0.25) is 0 Å². The summed E-state index contributed by atoms with van der Waals surface area (Å²) in [5.41, 5.74) is 0. The number of hydrogen-bond acceptors (Lipinski definition) is 1. The predicted molar refractivity (Wildman–Crippen MR) is 63.9 cm³/mol. The first-order valence-corrected chi connectivity index (χ1v) is 6.06. The van der Waals surface area contributed by atoms with Crippen molar-refractivity contribution in [2.24, 2.45) is 5.92 Å². The first kappa shape index (κ1) is 14.2. The molecule has 15 heavy (non-hydrogen) atoms. The number of carboxylic acid groups (broad SMARTS) is 1. The molecular weight excluding hydrogens is 188 g/mol. The lowest BCUT2D eigenvalue weighted by Gasteiger charge is -2.01. The van der Waals surface area contributed by atoms with Crippen LogP contribution in [0, 0.1) is 5.92 Å². The minimum atomic E-state index is -0.689. The van der Waals surface area contributed by atoms with Gasteiger partial charge in [0.1, 0.15) is 0 Å². The lowest BCUT2D eigenvalue weighted by Crippen LogP contribution is -2.08. The summed E-state index contributed by atoms with van der Waals surface area (Å²) in [5.74, 6) is -0.902. The molecule has 0 aromatic rings. The molecule has 1 unspecified atom stereocenters. The topological polar surface area (TPSA) is 37.3 Å². The third-order valence-corrected chi connectivity index (χ3v) is 2.58. The monoisotopic (exact) mass is 212 g/mol. The highest BCUT2D eigenvalue weighted by atomic mass is 16.4. The van der Waals surface area contributed by atoms with E-state index < -0.39 is 5.97 Å². The number of carbonyl (C=O) groups is 1. The molecule has 0 fully saturated rings. The van der Waals surface area contributed by atoms with Gasteiger partial charge in [-0.15, -0.1) is 0 Å². The number of carboxylic acids is 1. The molecule has 2 heteroatoms. The van der Waals surface area contributed by atoms with Crippen molar-refractivity contribution in [3.05, 3.63) is 12.2 Å². The van der Waals surface area contributed by atoms with Crippen LogP contribution in [0.3, 0.4) is 0 Å². The van der Waals surface area contributed by atoms with Crippen LogP contribution in [0.5, 0.6) is 0 Å². The maximum absolute atomic E-state index is 10.5. The van der Waals surface area contributed by atoms with E-state index in [0.717, 1.165) is 19.3 Å². The summed E-state index contributed by atoms with van der Waals surface area (Å²) in [4.78, 5) is 10.5. The Morgan fingerprint density at radius 3 is 2.47 bits per heavy atom. The fraction of sp³-hybridized carbons (Fsp3) is 0.769. The Balaban J connectivity index is 3.28. The molecule has 0 aromatic heterocycles. The van der Waals surface area contributed by atoms with Gasteiger partial charge in [0.25, 0.3) is 0 Å². The minimum Gasteiger partial charge on any atom is -0.481 e. The van der Waals surface area contributed by atoms with Gasteiger partial charge in [-0.05, 0) is 25.7 Å². The van der Waals surface area contributed by atoms with Crippen LogP contribution < -0.4 is 0 Å². The standard InChI is InChI=1S/C13H24O2/c1-3-4-5-6-7-8-9-10-11-12(2)13(14)15/h8-9,12H,3-7,10-11H2,1-2H3,(H,14,15). The average molecular weight is 212 g/mol. The summed E-state index contributed by atoms with van der Waals surface area (Å²) < 4.78 is 0. The first-order valence-electron chi connectivity index (χ1n) is 6.06. The molecule has 1 atom stereocenters. The van der Waals surface area contributed by atoms with Crippen LogP contribution >= 0.6 is 0 Å². The van der Waals surface area contributed by atoms with E-state index in [-0.39, 0.29) is 5.92 Å².